The molecule has 0 unspecified atom stereocenters. The van der Waals surface area contributed by atoms with Gasteiger partial charge in [0.1, 0.15) is 16.5 Å². The lowest BCUT2D eigenvalue weighted by Crippen LogP contribution is -2.35. The second kappa shape index (κ2) is 11.3. The Morgan fingerprint density at radius 2 is 2.00 bits per heavy atom. The van der Waals surface area contributed by atoms with E-state index < -0.39 is 11.7 Å². The fourth-order valence-corrected chi connectivity index (χ4v) is 4.37. The van der Waals surface area contributed by atoms with E-state index in [0.29, 0.717) is 23.5 Å². The van der Waals surface area contributed by atoms with Gasteiger partial charge in [-0.2, -0.15) is 5.10 Å². The summed E-state index contributed by atoms with van der Waals surface area (Å²) in [7, 11) is 2.90. The van der Waals surface area contributed by atoms with Crippen molar-refractivity contribution >= 4 is 11.9 Å². The van der Waals surface area contributed by atoms with Crippen LogP contribution in [0.15, 0.2) is 37.1 Å². The smallest absolute Gasteiger partial charge is 0.293 e. The molecule has 0 bridgehead atoms. The molecule has 4 aromatic rings. The molecule has 1 aliphatic rings. The number of nitrogens with one attached hydrogen (secondary N) is 2. The highest BCUT2D eigenvalue weighted by Crippen LogP contribution is 2.24. The molecular formula is C24H28FN10O3+. The van der Waals surface area contributed by atoms with E-state index in [4.69, 9.17) is 9.47 Å². The van der Waals surface area contributed by atoms with Crippen LogP contribution < -0.4 is 19.6 Å². The molecule has 0 radical (unpaired) electrons. The molecule has 5 rings (SSSR count). The van der Waals surface area contributed by atoms with Gasteiger partial charge in [-0.3, -0.25) is 9.48 Å². The molecule has 2 N–H and O–H groups in total. The summed E-state index contributed by atoms with van der Waals surface area (Å²) in [4.78, 5) is 24.3. The molecule has 1 amide bonds. The first-order chi connectivity index (χ1) is 18.6. The van der Waals surface area contributed by atoms with Crippen LogP contribution in [0.1, 0.15) is 40.0 Å². The van der Waals surface area contributed by atoms with Crippen LogP contribution in [0, 0.1) is 5.82 Å². The SMILES string of the molecule is COCc1nn(Cc2cnc(N3CCCC3)nc2)cc1C(=O)NCc1c(-[n+]2cnn[nH]2)ccc(OC)c1F. The third-order valence-corrected chi connectivity index (χ3v) is 6.25. The van der Waals surface area contributed by atoms with E-state index >= 15 is 4.39 Å². The van der Waals surface area contributed by atoms with Gasteiger partial charge >= 0.3 is 0 Å². The van der Waals surface area contributed by atoms with E-state index in [-0.39, 0.29) is 24.5 Å². The van der Waals surface area contributed by atoms with E-state index in [1.54, 1.807) is 29.3 Å². The van der Waals surface area contributed by atoms with Gasteiger partial charge in [0.2, 0.25) is 5.95 Å². The second-order valence-electron chi connectivity index (χ2n) is 8.77. The Morgan fingerprint density at radius 1 is 1.21 bits per heavy atom. The van der Waals surface area contributed by atoms with Crippen LogP contribution in [0.4, 0.5) is 10.3 Å². The first kappa shape index (κ1) is 25.2. The number of carbonyl (C=O) groups excluding carboxylic acids is 1. The highest BCUT2D eigenvalue weighted by Gasteiger charge is 2.22. The molecule has 1 aromatic carbocycles. The minimum Gasteiger partial charge on any atom is -0.494 e. The topological polar surface area (TPSA) is 140 Å². The number of benzene rings is 1. The predicted molar refractivity (Wildman–Crippen MR) is 131 cm³/mol. The van der Waals surface area contributed by atoms with Crippen LogP contribution in [0.3, 0.4) is 0 Å². The number of aromatic amines is 1. The minimum absolute atomic E-state index is 0.0527. The number of carbonyl (C=O) groups is 1. The number of hydrogen-bond acceptors (Lipinski definition) is 9. The van der Waals surface area contributed by atoms with Crippen molar-refractivity contribution in [1.82, 2.24) is 40.6 Å². The van der Waals surface area contributed by atoms with Crippen molar-refractivity contribution in [3.63, 3.8) is 0 Å². The Hall–Kier alpha value is -4.46. The molecule has 4 heterocycles. The van der Waals surface area contributed by atoms with Crippen LogP contribution in [0.25, 0.3) is 5.69 Å². The molecule has 198 valence electrons. The molecule has 0 atom stereocenters. The fraction of sp³-hybridized carbons (Fsp3) is 0.375. The number of amides is 1. The Morgan fingerprint density at radius 3 is 2.68 bits per heavy atom. The summed E-state index contributed by atoms with van der Waals surface area (Å²) in [5.41, 5.74) is 2.25. The van der Waals surface area contributed by atoms with Gasteiger partial charge in [-0.25, -0.2) is 14.4 Å². The second-order valence-corrected chi connectivity index (χ2v) is 8.77. The van der Waals surface area contributed by atoms with Gasteiger partial charge in [-0.15, -0.1) is 4.68 Å². The monoisotopic (exact) mass is 523 g/mol. The Balaban J connectivity index is 1.33. The van der Waals surface area contributed by atoms with E-state index in [2.05, 4.69) is 40.8 Å². The third-order valence-electron chi connectivity index (χ3n) is 6.25. The molecule has 14 heteroatoms. The Kier molecular flexibility index (Phi) is 7.49. The van der Waals surface area contributed by atoms with Crippen molar-refractivity contribution in [3.05, 3.63) is 65.3 Å². The van der Waals surface area contributed by atoms with Gasteiger partial charge in [-0.1, -0.05) is 5.21 Å². The predicted octanol–water partition coefficient (Wildman–Crippen LogP) is 0.941. The van der Waals surface area contributed by atoms with Gasteiger partial charge in [0.05, 0.1) is 31.4 Å². The summed E-state index contributed by atoms with van der Waals surface area (Å²) in [6.45, 7) is 2.33. The number of nitrogens with zero attached hydrogens (tertiary/aromatic N) is 8. The van der Waals surface area contributed by atoms with Gasteiger partial charge < -0.3 is 19.7 Å². The minimum atomic E-state index is -0.599. The molecule has 1 saturated heterocycles. The van der Waals surface area contributed by atoms with E-state index in [9.17, 15) is 4.79 Å². The highest BCUT2D eigenvalue weighted by atomic mass is 19.1. The van der Waals surface area contributed by atoms with E-state index in [1.807, 2.05) is 0 Å². The van der Waals surface area contributed by atoms with Crippen LogP contribution in [0.5, 0.6) is 5.75 Å². The zero-order valence-electron chi connectivity index (χ0n) is 21.1. The normalized spacial score (nSPS) is 13.2. The summed E-state index contributed by atoms with van der Waals surface area (Å²) in [6.07, 6.45) is 8.87. The molecule has 1 fully saturated rings. The van der Waals surface area contributed by atoms with Gasteiger partial charge in [0.25, 0.3) is 12.2 Å². The summed E-state index contributed by atoms with van der Waals surface area (Å²) in [5, 5.41) is 17.3. The Labute approximate surface area is 217 Å². The lowest BCUT2D eigenvalue weighted by molar-refractivity contribution is -0.661. The molecule has 0 aliphatic carbocycles. The van der Waals surface area contributed by atoms with Crippen molar-refractivity contribution in [2.24, 2.45) is 0 Å². The summed E-state index contributed by atoms with van der Waals surface area (Å²) in [6, 6.07) is 3.14. The zero-order chi connectivity index (χ0) is 26.5. The number of ether oxygens (including phenoxy) is 2. The number of anilines is 1. The van der Waals surface area contributed by atoms with Crippen molar-refractivity contribution in [2.75, 3.05) is 32.2 Å². The summed E-state index contributed by atoms with van der Waals surface area (Å²) < 4.78 is 28.6. The summed E-state index contributed by atoms with van der Waals surface area (Å²) in [5.74, 6) is -0.251. The standard InChI is InChI=1S/C24H27FN10O3/c1-37-14-19-18(13-34(30-19)12-16-9-27-24(28-10-16)33-7-3-4-8-33)23(36)26-11-17-20(35-15-29-31-32-35)5-6-21(38-2)22(17)25/h5-6,9-10,13,15H,3-4,7-8,11-12,14H2,1-2H3,(H,26,36)/p+1. The first-order valence-electron chi connectivity index (χ1n) is 12.1. The van der Waals surface area contributed by atoms with Crippen LogP contribution in [-0.2, 0) is 24.4 Å². The van der Waals surface area contributed by atoms with Crippen molar-refractivity contribution in [3.8, 4) is 11.4 Å². The number of hydrogen-bond donors (Lipinski definition) is 2. The average molecular weight is 524 g/mol. The molecular weight excluding hydrogens is 495 g/mol. The fourth-order valence-electron chi connectivity index (χ4n) is 4.37. The first-order valence-corrected chi connectivity index (χ1v) is 12.1. The van der Waals surface area contributed by atoms with E-state index in [1.165, 1.54) is 31.3 Å². The van der Waals surface area contributed by atoms with Crippen molar-refractivity contribution in [2.45, 2.75) is 32.5 Å². The molecule has 0 spiro atoms. The molecule has 0 saturated carbocycles. The number of tetrazole rings is 1. The maximum absolute atomic E-state index is 15.2. The molecule has 3 aromatic heterocycles. The third kappa shape index (κ3) is 5.29. The zero-order valence-corrected chi connectivity index (χ0v) is 21.1. The van der Waals surface area contributed by atoms with Crippen LogP contribution >= 0.6 is 0 Å². The van der Waals surface area contributed by atoms with Crippen LogP contribution in [0.2, 0.25) is 0 Å². The summed E-state index contributed by atoms with van der Waals surface area (Å²) >= 11 is 0. The quantitative estimate of drug-likeness (QED) is 0.291. The molecule has 13 nitrogen and oxygen atoms in total. The number of rotatable bonds is 10. The Bertz CT molecular complexity index is 1390. The molecule has 1 aliphatic heterocycles. The van der Waals surface area contributed by atoms with Crippen molar-refractivity contribution < 1.29 is 23.3 Å². The number of H-pyrrole nitrogens is 1. The lowest BCUT2D eigenvalue weighted by Gasteiger charge is -2.14. The highest BCUT2D eigenvalue weighted by molar-refractivity contribution is 5.95. The van der Waals surface area contributed by atoms with Crippen molar-refractivity contribution in [1.29, 1.82) is 0 Å². The maximum Gasteiger partial charge on any atom is 0.293 e. The van der Waals surface area contributed by atoms with Crippen LogP contribution in [-0.4, -0.2) is 68.5 Å². The average Bonchev–Trinajstić information content (AvgIpc) is 3.71. The largest absolute Gasteiger partial charge is 0.494 e. The van der Waals surface area contributed by atoms with Gasteiger partial charge in [0, 0.05) is 50.9 Å². The number of aromatic nitrogens is 8. The molecule has 38 heavy (non-hydrogen) atoms. The van der Waals surface area contributed by atoms with Gasteiger partial charge in [0.15, 0.2) is 16.8 Å². The number of halogens is 1. The lowest BCUT2D eigenvalue weighted by atomic mass is 10.1. The van der Waals surface area contributed by atoms with Gasteiger partial charge in [-0.05, 0) is 25.0 Å². The van der Waals surface area contributed by atoms with E-state index in [0.717, 1.165) is 37.4 Å². The maximum atomic E-state index is 15.2. The number of methoxy groups -OCH3 is 2.